The Morgan fingerprint density at radius 1 is 1.69 bits per heavy atom. The number of hydrogen-bond acceptors (Lipinski definition) is 6. The van der Waals surface area contributed by atoms with Crippen LogP contribution < -0.4 is 4.06 Å². The van der Waals surface area contributed by atoms with Crippen molar-refractivity contribution in [3.63, 3.8) is 0 Å². The molecule has 7 heteroatoms. The summed E-state index contributed by atoms with van der Waals surface area (Å²) in [6.07, 6.45) is 0. The number of oxime groups is 1. The van der Waals surface area contributed by atoms with Crippen LogP contribution in [0.2, 0.25) is 0 Å². The van der Waals surface area contributed by atoms with Crippen molar-refractivity contribution in [2.24, 2.45) is 5.16 Å². The number of rotatable bonds is 3. The lowest BCUT2D eigenvalue weighted by Crippen LogP contribution is -2.13. The Kier molecular flexibility index (Phi) is 3.15. The van der Waals surface area contributed by atoms with Crippen LogP contribution in [0.15, 0.2) is 15.3 Å². The first kappa shape index (κ1) is 9.87. The number of nitrogens with zero attached hydrogens (tertiary/aromatic N) is 1. The second-order valence-corrected chi connectivity index (χ2v) is 3.99. The zero-order valence-corrected chi connectivity index (χ0v) is 8.15. The molecule has 1 aromatic rings. The van der Waals surface area contributed by atoms with Crippen molar-refractivity contribution in [3.8, 4) is 0 Å². The highest BCUT2D eigenvalue weighted by Gasteiger charge is 2.15. The maximum Gasteiger partial charge on any atom is 0.359 e. The zero-order chi connectivity index (χ0) is 9.84. The molecule has 0 amide bonds. The average Bonchev–Trinajstić information content (AvgIpc) is 2.46. The van der Waals surface area contributed by atoms with Gasteiger partial charge in [0.25, 0.3) is 4.06 Å². The highest BCUT2D eigenvalue weighted by atomic mass is 32.2. The van der Waals surface area contributed by atoms with E-state index in [4.69, 9.17) is 5.11 Å². The molecule has 0 aliphatic carbocycles. The van der Waals surface area contributed by atoms with Crippen molar-refractivity contribution < 1.29 is 14.7 Å². The summed E-state index contributed by atoms with van der Waals surface area (Å²) in [7, 11) is 1.25. The molecule has 0 bridgehead atoms. The van der Waals surface area contributed by atoms with Gasteiger partial charge in [-0.25, -0.2) is 4.79 Å². The van der Waals surface area contributed by atoms with Crippen LogP contribution in [0.5, 0.6) is 0 Å². The largest absolute Gasteiger partial charge is 0.476 e. The minimum Gasteiger partial charge on any atom is -0.476 e. The van der Waals surface area contributed by atoms with Gasteiger partial charge in [-0.15, -0.1) is 0 Å². The third kappa shape index (κ3) is 2.36. The van der Waals surface area contributed by atoms with E-state index in [2.05, 4.69) is 9.99 Å². The van der Waals surface area contributed by atoms with Crippen LogP contribution in [0.1, 0.15) is 4.88 Å². The van der Waals surface area contributed by atoms with Gasteiger partial charge >= 0.3 is 5.97 Å². The second-order valence-electron chi connectivity index (χ2n) is 1.88. The summed E-state index contributed by atoms with van der Waals surface area (Å²) in [5.74, 6) is -1.21. The smallest absolute Gasteiger partial charge is 0.359 e. The average molecular weight is 219 g/mol. The molecule has 0 fully saturated rings. The number of carboxylic acid groups (broad SMARTS) is 1. The van der Waals surface area contributed by atoms with Gasteiger partial charge < -0.3 is 9.94 Å². The summed E-state index contributed by atoms with van der Waals surface area (Å²) in [4.78, 5) is 26.0. The quantitative estimate of drug-likeness (QED) is 0.596. The van der Waals surface area contributed by atoms with E-state index in [1.54, 1.807) is 0 Å². The Morgan fingerprint density at radius 2 is 2.38 bits per heavy atom. The predicted octanol–water partition coefficient (Wildman–Crippen LogP) is 0.605. The van der Waals surface area contributed by atoms with Gasteiger partial charge in [0, 0.05) is 5.38 Å². The van der Waals surface area contributed by atoms with Gasteiger partial charge in [0.15, 0.2) is 0 Å². The third-order valence-corrected chi connectivity index (χ3v) is 3.01. The van der Waals surface area contributed by atoms with Gasteiger partial charge in [0.2, 0.25) is 5.71 Å². The maximum absolute atomic E-state index is 10.8. The van der Waals surface area contributed by atoms with Crippen LogP contribution in [-0.2, 0) is 9.63 Å². The monoisotopic (exact) mass is 219 g/mol. The van der Waals surface area contributed by atoms with Crippen LogP contribution in [0.4, 0.5) is 0 Å². The summed E-state index contributed by atoms with van der Waals surface area (Å²) < 4.78 is -0.167. The molecule has 0 atom stereocenters. The highest BCUT2D eigenvalue weighted by molar-refractivity contribution is 7.27. The first-order chi connectivity index (χ1) is 6.15. The fourth-order valence-corrected chi connectivity index (χ4v) is 2.28. The topological polar surface area (TPSA) is 76.0 Å². The normalized spacial score (nSPS) is 11.3. The summed E-state index contributed by atoms with van der Waals surface area (Å²) in [6, 6.07) is 0. The van der Waals surface area contributed by atoms with Crippen molar-refractivity contribution in [2.45, 2.75) is 0 Å². The first-order valence-electron chi connectivity index (χ1n) is 3.08. The molecule has 1 N–H and O–H groups in total. The van der Waals surface area contributed by atoms with Gasteiger partial charge in [-0.2, -0.15) is 0 Å². The lowest BCUT2D eigenvalue weighted by atomic mass is 10.3. The Bertz CT molecular complexity index is 391. The van der Waals surface area contributed by atoms with Crippen molar-refractivity contribution in [1.29, 1.82) is 0 Å². The number of aliphatic carboxylic acids is 1. The molecule has 5 nitrogen and oxygen atoms in total. The Labute approximate surface area is 80.9 Å². The van der Waals surface area contributed by atoms with Crippen molar-refractivity contribution in [1.82, 2.24) is 0 Å². The minimum atomic E-state index is -1.21. The summed E-state index contributed by atoms with van der Waals surface area (Å²) in [5, 5.41) is 13.4. The lowest BCUT2D eigenvalue weighted by molar-refractivity contribution is -0.129. The molecule has 0 unspecified atom stereocenters. The summed E-state index contributed by atoms with van der Waals surface area (Å²) in [5.41, 5.74) is -0.245. The SMILES string of the molecule is CO/N=C(\C(=O)O)c1csc(=O)s1. The molecule has 0 saturated heterocycles. The van der Waals surface area contributed by atoms with Gasteiger partial charge in [-0.3, -0.25) is 4.79 Å². The molecule has 0 aromatic carbocycles. The van der Waals surface area contributed by atoms with Gasteiger partial charge in [0.1, 0.15) is 7.11 Å². The first-order valence-corrected chi connectivity index (χ1v) is 4.78. The van der Waals surface area contributed by atoms with E-state index < -0.39 is 5.97 Å². The molecule has 0 aliphatic rings. The van der Waals surface area contributed by atoms with E-state index >= 15 is 0 Å². The molecule has 0 spiro atoms. The molecule has 0 radical (unpaired) electrons. The fraction of sp³-hybridized carbons (Fsp3) is 0.167. The molecule has 0 saturated carbocycles. The van der Waals surface area contributed by atoms with E-state index in [0.29, 0.717) is 4.88 Å². The second kappa shape index (κ2) is 4.15. The highest BCUT2D eigenvalue weighted by Crippen LogP contribution is 2.09. The van der Waals surface area contributed by atoms with Crippen molar-refractivity contribution in [3.05, 3.63) is 19.1 Å². The van der Waals surface area contributed by atoms with Gasteiger partial charge in [-0.05, 0) is 0 Å². The maximum atomic E-state index is 10.8. The summed E-state index contributed by atoms with van der Waals surface area (Å²) >= 11 is 1.77. The predicted molar refractivity (Wildman–Crippen MR) is 49.6 cm³/mol. The van der Waals surface area contributed by atoms with Crippen LogP contribution in [-0.4, -0.2) is 23.9 Å². The molecule has 1 heterocycles. The number of hydrogen-bond donors (Lipinski definition) is 1. The molecule has 1 rings (SSSR count). The zero-order valence-electron chi connectivity index (χ0n) is 6.51. The number of carboxylic acids is 1. The van der Waals surface area contributed by atoms with Crippen LogP contribution in [0.25, 0.3) is 0 Å². The van der Waals surface area contributed by atoms with Gasteiger partial charge in [0.05, 0.1) is 4.88 Å². The fourth-order valence-electron chi connectivity index (χ4n) is 0.624. The van der Waals surface area contributed by atoms with E-state index in [1.807, 2.05) is 0 Å². The Morgan fingerprint density at radius 3 is 2.77 bits per heavy atom. The van der Waals surface area contributed by atoms with Crippen LogP contribution in [0, 0.1) is 0 Å². The Hall–Kier alpha value is -1.21. The lowest BCUT2D eigenvalue weighted by Gasteiger charge is -1.93. The Balaban J connectivity index is 3.09. The van der Waals surface area contributed by atoms with Gasteiger partial charge in [-0.1, -0.05) is 27.8 Å². The van der Waals surface area contributed by atoms with E-state index in [1.165, 1.54) is 12.5 Å². The summed E-state index contributed by atoms with van der Waals surface area (Å²) in [6.45, 7) is 0. The molecular weight excluding hydrogens is 214 g/mol. The van der Waals surface area contributed by atoms with Crippen LogP contribution >= 0.6 is 22.7 Å². The van der Waals surface area contributed by atoms with Crippen molar-refractivity contribution >= 4 is 34.4 Å². The standard InChI is InChI=1S/C6H5NO4S2/c1-11-7-4(5(8)9)3-2-12-6(10)13-3/h2H,1H3,(H,8,9)/b7-4-. The molecule has 13 heavy (non-hydrogen) atoms. The minimum absolute atomic E-state index is 0.167. The number of carbonyl (C=O) groups is 1. The third-order valence-electron chi connectivity index (χ3n) is 1.07. The van der Waals surface area contributed by atoms with Crippen molar-refractivity contribution in [2.75, 3.05) is 7.11 Å². The van der Waals surface area contributed by atoms with E-state index in [0.717, 1.165) is 22.7 Å². The molecular formula is C6H5NO4S2. The van der Waals surface area contributed by atoms with Crippen LogP contribution in [0.3, 0.4) is 0 Å². The van der Waals surface area contributed by atoms with E-state index in [-0.39, 0.29) is 9.77 Å². The van der Waals surface area contributed by atoms with E-state index in [9.17, 15) is 9.59 Å². The molecule has 0 aliphatic heterocycles. The molecule has 70 valence electrons. The molecule has 1 aromatic heterocycles.